The molecule has 0 saturated heterocycles. The van der Waals surface area contributed by atoms with Crippen molar-refractivity contribution in [3.63, 3.8) is 0 Å². The minimum Gasteiger partial charge on any atom is -0.542 e. The fourth-order valence-electron chi connectivity index (χ4n) is 0. The van der Waals surface area contributed by atoms with E-state index in [1.54, 1.807) is 20.1 Å². The van der Waals surface area contributed by atoms with Gasteiger partial charge in [-0.15, -0.1) is 5.92 Å². The molecule has 0 rings (SSSR count). The summed E-state index contributed by atoms with van der Waals surface area (Å²) in [4.78, 5) is 9.38. The van der Waals surface area contributed by atoms with Gasteiger partial charge in [-0.2, -0.15) is 0 Å². The molecule has 2 heteroatoms. The van der Waals surface area contributed by atoms with E-state index >= 15 is 0 Å². The van der Waals surface area contributed by atoms with Crippen molar-refractivity contribution in [1.82, 2.24) is 0 Å². The zero-order valence-corrected chi connectivity index (χ0v) is 6.33. The van der Waals surface area contributed by atoms with Gasteiger partial charge in [0.15, 0.2) is 0 Å². The van der Waals surface area contributed by atoms with Crippen molar-refractivity contribution in [3.8, 4) is 0 Å². The Morgan fingerprint density at radius 3 is 1.57 bits per heavy atom. The first-order valence-corrected chi connectivity index (χ1v) is 1.65. The molecule has 0 N–H and O–H groups in total. The molecule has 0 aliphatic carbocycles. The van der Waals surface area contributed by atoms with Crippen molar-refractivity contribution in [2.24, 2.45) is 5.92 Å². The van der Waals surface area contributed by atoms with E-state index in [2.05, 4.69) is 0 Å². The van der Waals surface area contributed by atoms with E-state index in [-0.39, 0.29) is 31.9 Å². The summed E-state index contributed by atoms with van der Waals surface area (Å²) in [6.45, 7) is 3.60. The number of carbonyl (C=O) groups excluding carboxylic acids is 1. The van der Waals surface area contributed by atoms with Gasteiger partial charge in [-0.25, -0.2) is 0 Å². The topological polar surface area (TPSA) is 17.1 Å². The molecule has 0 aliphatic rings. The molecule has 0 spiro atoms. The molecule has 41 valence electrons. The Bertz CT molecular complexity index is 35.1. The molecular weight excluding hydrogens is 127 g/mol. The van der Waals surface area contributed by atoms with Gasteiger partial charge >= 0.3 is 18.6 Å². The summed E-state index contributed by atoms with van der Waals surface area (Å²) in [6, 6.07) is 0. The van der Waals surface area contributed by atoms with Crippen LogP contribution in [0.15, 0.2) is 0 Å². The van der Waals surface area contributed by atoms with E-state index in [1.807, 2.05) is 0 Å². The first kappa shape index (κ1) is 15.7. The monoisotopic (exact) mass is 137 g/mol. The molecular formula is C5H10OV. The molecule has 0 fully saturated rings. The molecule has 0 atom stereocenters. The van der Waals surface area contributed by atoms with Crippen LogP contribution in [0.5, 0.6) is 0 Å². The van der Waals surface area contributed by atoms with Crippen LogP contribution in [0, 0.1) is 13.3 Å². The molecule has 0 aromatic carbocycles. The molecule has 0 heterocycles. The van der Waals surface area contributed by atoms with E-state index in [4.69, 9.17) is 0 Å². The first-order chi connectivity index (χ1) is 2.27. The molecule has 7 heavy (non-hydrogen) atoms. The van der Waals surface area contributed by atoms with Gasteiger partial charge < -0.3 is 12.2 Å². The quantitative estimate of drug-likeness (QED) is 0.496. The maximum absolute atomic E-state index is 9.38. The standard InChI is InChI=1S/C4H7O.CH3.V/c1-4(2)3-5;;/h4H,1-2H3;1H3;/q2*-1;+2. The molecule has 0 unspecified atom stereocenters. The maximum atomic E-state index is 9.38. The van der Waals surface area contributed by atoms with E-state index in [9.17, 15) is 4.79 Å². The van der Waals surface area contributed by atoms with Crippen molar-refractivity contribution >= 4 is 6.29 Å². The Labute approximate surface area is 57.4 Å². The maximum Gasteiger partial charge on any atom is 2.00 e. The van der Waals surface area contributed by atoms with Gasteiger partial charge in [0.05, 0.1) is 0 Å². The van der Waals surface area contributed by atoms with Crippen LogP contribution in [0.3, 0.4) is 0 Å². The van der Waals surface area contributed by atoms with Crippen molar-refractivity contribution < 1.29 is 23.4 Å². The molecule has 1 nitrogen and oxygen atoms in total. The van der Waals surface area contributed by atoms with Crippen LogP contribution in [0.2, 0.25) is 0 Å². The fourth-order valence-corrected chi connectivity index (χ4v) is 0. The van der Waals surface area contributed by atoms with E-state index < -0.39 is 0 Å². The molecule has 0 aromatic heterocycles. The third kappa shape index (κ3) is 22.3. The zero-order valence-electron chi connectivity index (χ0n) is 4.93. The fraction of sp³-hybridized carbons (Fsp3) is 0.600. The SMILES string of the molecule is CC(C)[C-]=O.[CH3-].[V+2]. The van der Waals surface area contributed by atoms with Crippen LogP contribution in [-0.4, -0.2) is 6.29 Å². The summed E-state index contributed by atoms with van der Waals surface area (Å²) in [6.07, 6.45) is 1.78. The van der Waals surface area contributed by atoms with Crippen LogP contribution in [0.1, 0.15) is 13.8 Å². The van der Waals surface area contributed by atoms with Gasteiger partial charge in [-0.1, -0.05) is 13.8 Å². The van der Waals surface area contributed by atoms with Gasteiger partial charge in [0.1, 0.15) is 0 Å². The van der Waals surface area contributed by atoms with Gasteiger partial charge in [0.25, 0.3) is 0 Å². The van der Waals surface area contributed by atoms with Crippen LogP contribution < -0.4 is 0 Å². The second-order valence-electron chi connectivity index (χ2n) is 1.27. The van der Waals surface area contributed by atoms with E-state index in [1.165, 1.54) is 0 Å². The molecule has 0 amide bonds. The average molecular weight is 137 g/mol. The van der Waals surface area contributed by atoms with Crippen LogP contribution >= 0.6 is 0 Å². The average Bonchev–Trinajstić information content (AvgIpc) is 1.38. The Hall–Kier alpha value is 0.254. The number of rotatable bonds is 1. The van der Waals surface area contributed by atoms with Crippen molar-refractivity contribution in [2.75, 3.05) is 0 Å². The smallest absolute Gasteiger partial charge is 0.542 e. The minimum absolute atomic E-state index is 0. The summed E-state index contributed by atoms with van der Waals surface area (Å²) in [5.74, 6) is 0.0787. The molecule has 0 bridgehead atoms. The summed E-state index contributed by atoms with van der Waals surface area (Å²) in [5, 5.41) is 0. The van der Waals surface area contributed by atoms with E-state index in [0.717, 1.165) is 0 Å². The summed E-state index contributed by atoms with van der Waals surface area (Å²) >= 11 is 0. The molecule has 0 saturated carbocycles. The Kier molecular flexibility index (Phi) is 21.4. The number of hydrogen-bond donors (Lipinski definition) is 0. The van der Waals surface area contributed by atoms with Gasteiger partial charge in [-0.3, -0.25) is 6.29 Å². The van der Waals surface area contributed by atoms with Crippen molar-refractivity contribution in [2.45, 2.75) is 13.8 Å². The molecule has 1 radical (unpaired) electrons. The van der Waals surface area contributed by atoms with Crippen LogP contribution in [0.25, 0.3) is 0 Å². The second-order valence-corrected chi connectivity index (χ2v) is 1.27. The van der Waals surface area contributed by atoms with Crippen molar-refractivity contribution in [1.29, 1.82) is 0 Å². The van der Waals surface area contributed by atoms with Crippen LogP contribution in [0.4, 0.5) is 0 Å². The number of hydrogen-bond acceptors (Lipinski definition) is 1. The molecule has 0 aromatic rings. The van der Waals surface area contributed by atoms with E-state index in [0.29, 0.717) is 0 Å². The Morgan fingerprint density at radius 2 is 1.57 bits per heavy atom. The first-order valence-electron chi connectivity index (χ1n) is 1.65. The largest absolute Gasteiger partial charge is 2.00 e. The Balaban J connectivity index is -0.0000000800. The summed E-state index contributed by atoms with van der Waals surface area (Å²) < 4.78 is 0. The normalized spacial score (nSPS) is 6.14. The van der Waals surface area contributed by atoms with Crippen molar-refractivity contribution in [3.05, 3.63) is 7.43 Å². The summed E-state index contributed by atoms with van der Waals surface area (Å²) in [5.41, 5.74) is 0. The van der Waals surface area contributed by atoms with Gasteiger partial charge in [0.2, 0.25) is 0 Å². The third-order valence-corrected chi connectivity index (χ3v) is 0.236. The van der Waals surface area contributed by atoms with Gasteiger partial charge in [-0.05, 0) is 0 Å². The minimum atomic E-state index is 0. The Morgan fingerprint density at radius 1 is 1.43 bits per heavy atom. The predicted molar refractivity (Wildman–Crippen MR) is 26.9 cm³/mol. The second kappa shape index (κ2) is 9.54. The zero-order chi connectivity index (χ0) is 4.28. The molecule has 0 aliphatic heterocycles. The van der Waals surface area contributed by atoms with Crippen LogP contribution in [-0.2, 0) is 23.4 Å². The van der Waals surface area contributed by atoms with Gasteiger partial charge in [0, 0.05) is 0 Å². The third-order valence-electron chi connectivity index (χ3n) is 0.236. The summed E-state index contributed by atoms with van der Waals surface area (Å²) in [7, 11) is 0. The predicted octanol–water partition coefficient (Wildman–Crippen LogP) is 1.20.